The third-order valence-electron chi connectivity index (χ3n) is 4.55. The van der Waals surface area contributed by atoms with Crippen LogP contribution in [-0.2, 0) is 16.0 Å². The highest BCUT2D eigenvalue weighted by Crippen LogP contribution is 2.26. The highest BCUT2D eigenvalue weighted by Gasteiger charge is 2.34. The first-order valence-electron chi connectivity index (χ1n) is 8.15. The lowest BCUT2D eigenvalue weighted by atomic mass is 9.98. The van der Waals surface area contributed by atoms with Crippen LogP contribution in [0.25, 0.3) is 0 Å². The van der Waals surface area contributed by atoms with Crippen molar-refractivity contribution in [1.82, 2.24) is 5.32 Å². The summed E-state index contributed by atoms with van der Waals surface area (Å²) >= 11 is 0. The van der Waals surface area contributed by atoms with Crippen LogP contribution in [0.5, 0.6) is 0 Å². The van der Waals surface area contributed by atoms with Crippen molar-refractivity contribution in [1.29, 1.82) is 0 Å². The van der Waals surface area contributed by atoms with E-state index in [2.05, 4.69) is 17.4 Å². The van der Waals surface area contributed by atoms with Gasteiger partial charge >= 0.3 is 5.97 Å². The second kappa shape index (κ2) is 7.97. The molecule has 1 saturated carbocycles. The zero-order valence-corrected chi connectivity index (χ0v) is 13.1. The van der Waals surface area contributed by atoms with Crippen LogP contribution >= 0.6 is 0 Å². The summed E-state index contributed by atoms with van der Waals surface area (Å²) in [5.74, 6) is -1.29. The van der Waals surface area contributed by atoms with E-state index in [0.717, 1.165) is 32.1 Å². The summed E-state index contributed by atoms with van der Waals surface area (Å²) in [7, 11) is 0. The fourth-order valence-corrected chi connectivity index (χ4v) is 3.14. The second-order valence-electron chi connectivity index (χ2n) is 6.27. The summed E-state index contributed by atoms with van der Waals surface area (Å²) in [6.07, 6.45) is 5.09. The van der Waals surface area contributed by atoms with E-state index >= 15 is 0 Å². The van der Waals surface area contributed by atoms with Gasteiger partial charge < -0.3 is 10.4 Å². The van der Waals surface area contributed by atoms with Gasteiger partial charge in [0.2, 0.25) is 5.91 Å². The van der Waals surface area contributed by atoms with Gasteiger partial charge in [0, 0.05) is 12.0 Å². The van der Waals surface area contributed by atoms with E-state index in [4.69, 9.17) is 5.11 Å². The van der Waals surface area contributed by atoms with Crippen LogP contribution in [0.1, 0.15) is 44.6 Å². The van der Waals surface area contributed by atoms with Gasteiger partial charge in [0.15, 0.2) is 0 Å². The molecular formula is C18H25NO3. The van der Waals surface area contributed by atoms with Gasteiger partial charge in [0.25, 0.3) is 0 Å². The van der Waals surface area contributed by atoms with E-state index in [0.29, 0.717) is 6.42 Å². The quantitative estimate of drug-likeness (QED) is 0.813. The summed E-state index contributed by atoms with van der Waals surface area (Å²) in [5, 5.41) is 12.1. The van der Waals surface area contributed by atoms with Gasteiger partial charge in [0.1, 0.15) is 0 Å². The number of carbonyl (C=O) groups is 2. The number of hydrogen-bond acceptors (Lipinski definition) is 2. The summed E-state index contributed by atoms with van der Waals surface area (Å²) in [6, 6.07) is 10.1. The molecule has 0 saturated heterocycles. The van der Waals surface area contributed by atoms with E-state index in [1.165, 1.54) is 5.56 Å². The molecule has 1 amide bonds. The first-order chi connectivity index (χ1) is 10.6. The Morgan fingerprint density at radius 2 is 2.00 bits per heavy atom. The summed E-state index contributed by atoms with van der Waals surface area (Å²) in [4.78, 5) is 23.3. The van der Waals surface area contributed by atoms with Gasteiger partial charge in [-0.25, -0.2) is 0 Å². The normalized spacial score (nSPS) is 22.2. The van der Waals surface area contributed by atoms with E-state index in [-0.39, 0.29) is 17.9 Å². The molecule has 1 aliphatic rings. The predicted molar refractivity (Wildman–Crippen MR) is 85.5 cm³/mol. The Morgan fingerprint density at radius 3 is 2.68 bits per heavy atom. The van der Waals surface area contributed by atoms with Crippen LogP contribution in [0.2, 0.25) is 0 Å². The molecule has 4 nitrogen and oxygen atoms in total. The minimum atomic E-state index is -0.792. The minimum absolute atomic E-state index is 0.00814. The molecule has 1 fully saturated rings. The lowest BCUT2D eigenvalue weighted by Gasteiger charge is -2.20. The minimum Gasteiger partial charge on any atom is -0.481 e. The molecular weight excluding hydrogens is 278 g/mol. The van der Waals surface area contributed by atoms with Crippen molar-refractivity contribution in [3.05, 3.63) is 35.9 Å². The maximum absolute atomic E-state index is 12.2. The van der Waals surface area contributed by atoms with Gasteiger partial charge in [0.05, 0.1) is 5.92 Å². The third-order valence-corrected chi connectivity index (χ3v) is 4.55. The van der Waals surface area contributed by atoms with Gasteiger partial charge in [-0.05, 0) is 37.7 Å². The Labute approximate surface area is 131 Å². The Hall–Kier alpha value is -1.84. The van der Waals surface area contributed by atoms with Crippen LogP contribution in [0.3, 0.4) is 0 Å². The predicted octanol–water partition coefficient (Wildman–Crippen LogP) is 3.01. The molecule has 2 N–H and O–H groups in total. The number of nitrogens with one attached hydrogen (secondary N) is 1. The van der Waals surface area contributed by atoms with Crippen molar-refractivity contribution in [2.75, 3.05) is 0 Å². The van der Waals surface area contributed by atoms with Crippen LogP contribution < -0.4 is 5.32 Å². The zero-order valence-electron chi connectivity index (χ0n) is 13.1. The van der Waals surface area contributed by atoms with Crippen LogP contribution in [0.15, 0.2) is 30.3 Å². The molecule has 0 aromatic heterocycles. The van der Waals surface area contributed by atoms with Crippen molar-refractivity contribution in [2.24, 2.45) is 11.8 Å². The zero-order chi connectivity index (χ0) is 15.9. The average molecular weight is 303 g/mol. The van der Waals surface area contributed by atoms with Crippen molar-refractivity contribution in [2.45, 2.75) is 51.5 Å². The highest BCUT2D eigenvalue weighted by molar-refractivity contribution is 5.80. The van der Waals surface area contributed by atoms with E-state index in [1.54, 1.807) is 0 Å². The second-order valence-corrected chi connectivity index (χ2v) is 6.27. The van der Waals surface area contributed by atoms with Crippen molar-refractivity contribution < 1.29 is 14.7 Å². The number of amides is 1. The molecule has 3 atom stereocenters. The molecule has 120 valence electrons. The highest BCUT2D eigenvalue weighted by atomic mass is 16.4. The molecule has 4 heteroatoms. The van der Waals surface area contributed by atoms with Crippen molar-refractivity contribution in [3.8, 4) is 0 Å². The monoisotopic (exact) mass is 303 g/mol. The number of hydrogen-bond donors (Lipinski definition) is 2. The van der Waals surface area contributed by atoms with Crippen LogP contribution in [0.4, 0.5) is 0 Å². The number of aliphatic carboxylic acids is 1. The van der Waals surface area contributed by atoms with Gasteiger partial charge in [-0.2, -0.15) is 0 Å². The Balaban J connectivity index is 1.74. The molecule has 0 spiro atoms. The molecule has 2 rings (SSSR count). The maximum Gasteiger partial charge on any atom is 0.308 e. The molecule has 0 radical (unpaired) electrons. The Bertz CT molecular complexity index is 500. The molecule has 0 heterocycles. The van der Waals surface area contributed by atoms with Gasteiger partial charge in [-0.1, -0.05) is 43.7 Å². The topological polar surface area (TPSA) is 66.4 Å². The molecule has 1 aromatic rings. The SMILES string of the molecule is CC(CCCc1ccccc1)C(=O)N[C@@H]1CCC[C@@H]1C(=O)O. The average Bonchev–Trinajstić information content (AvgIpc) is 2.96. The van der Waals surface area contributed by atoms with Gasteiger partial charge in [-0.15, -0.1) is 0 Å². The van der Waals surface area contributed by atoms with E-state index in [9.17, 15) is 9.59 Å². The smallest absolute Gasteiger partial charge is 0.308 e. The lowest BCUT2D eigenvalue weighted by Crippen LogP contribution is -2.42. The first kappa shape index (κ1) is 16.5. The number of carbonyl (C=O) groups excluding carboxylic acids is 1. The van der Waals surface area contributed by atoms with E-state index in [1.807, 2.05) is 25.1 Å². The first-order valence-corrected chi connectivity index (χ1v) is 8.15. The number of rotatable bonds is 7. The van der Waals surface area contributed by atoms with E-state index < -0.39 is 11.9 Å². The standard InChI is InChI=1S/C18H25NO3/c1-13(7-5-10-14-8-3-2-4-9-14)17(20)19-16-12-6-11-15(16)18(21)22/h2-4,8-9,13,15-16H,5-7,10-12H2,1H3,(H,19,20)(H,21,22)/t13?,15-,16+/m0/s1. The Morgan fingerprint density at radius 1 is 1.27 bits per heavy atom. The molecule has 0 bridgehead atoms. The fraction of sp³-hybridized carbons (Fsp3) is 0.556. The summed E-state index contributed by atoms with van der Waals surface area (Å²) in [5.41, 5.74) is 1.29. The van der Waals surface area contributed by atoms with Crippen LogP contribution in [0, 0.1) is 11.8 Å². The maximum atomic E-state index is 12.2. The van der Waals surface area contributed by atoms with Gasteiger partial charge in [-0.3, -0.25) is 9.59 Å². The largest absolute Gasteiger partial charge is 0.481 e. The van der Waals surface area contributed by atoms with Crippen LogP contribution in [-0.4, -0.2) is 23.0 Å². The molecule has 1 aromatic carbocycles. The molecule has 1 unspecified atom stereocenters. The third kappa shape index (κ3) is 4.58. The Kier molecular flexibility index (Phi) is 5.99. The molecule has 1 aliphatic carbocycles. The fourth-order valence-electron chi connectivity index (χ4n) is 3.14. The van der Waals surface area contributed by atoms with Crippen molar-refractivity contribution in [3.63, 3.8) is 0 Å². The molecule has 0 aliphatic heterocycles. The summed E-state index contributed by atoms with van der Waals surface area (Å²) < 4.78 is 0. The lowest BCUT2D eigenvalue weighted by molar-refractivity contribution is -0.142. The number of aryl methyl sites for hydroxylation is 1. The van der Waals surface area contributed by atoms with Crippen molar-refractivity contribution >= 4 is 11.9 Å². The number of carboxylic acids is 1. The number of benzene rings is 1. The molecule has 22 heavy (non-hydrogen) atoms. The summed E-state index contributed by atoms with van der Waals surface area (Å²) in [6.45, 7) is 1.92. The number of carboxylic acid groups (broad SMARTS) is 1.